The summed E-state index contributed by atoms with van der Waals surface area (Å²) in [5.74, 6) is 0.739. The third-order valence-electron chi connectivity index (χ3n) is 5.06. The van der Waals surface area contributed by atoms with Crippen molar-refractivity contribution in [2.24, 2.45) is 5.92 Å². The zero-order chi connectivity index (χ0) is 14.8. The van der Waals surface area contributed by atoms with Crippen LogP contribution in [-0.4, -0.2) is 37.0 Å². The van der Waals surface area contributed by atoms with E-state index in [1.807, 2.05) is 0 Å². The van der Waals surface area contributed by atoms with Crippen molar-refractivity contribution in [1.29, 1.82) is 0 Å². The maximum atomic E-state index is 12.3. The molecule has 0 N–H and O–H groups in total. The van der Waals surface area contributed by atoms with Crippen LogP contribution in [0.5, 0.6) is 0 Å². The normalized spacial score (nSPS) is 19.5. The fraction of sp³-hybridized carbons (Fsp3) is 0.611. The van der Waals surface area contributed by atoms with Crippen LogP contribution in [-0.2, 0) is 11.2 Å². The zero-order valence-corrected chi connectivity index (χ0v) is 13.3. The van der Waals surface area contributed by atoms with Gasteiger partial charge in [0.15, 0.2) is 0 Å². The molecule has 1 aromatic rings. The largest absolute Gasteiger partial charge is 0.368 e. The molecule has 0 aromatic heterocycles. The lowest BCUT2D eigenvalue weighted by atomic mass is 9.84. The van der Waals surface area contributed by atoms with E-state index in [1.54, 1.807) is 0 Å². The Kier molecular flexibility index (Phi) is 4.18. The molecule has 3 heteroatoms. The highest BCUT2D eigenvalue weighted by atomic mass is 16.2. The summed E-state index contributed by atoms with van der Waals surface area (Å²) in [6, 6.07) is 6.57. The predicted octanol–water partition coefficient (Wildman–Crippen LogP) is 3.01. The molecule has 1 saturated carbocycles. The van der Waals surface area contributed by atoms with Crippen LogP contribution in [0.25, 0.3) is 0 Å². The third kappa shape index (κ3) is 2.78. The van der Waals surface area contributed by atoms with Gasteiger partial charge in [0, 0.05) is 37.8 Å². The molecule has 0 atom stereocenters. The predicted molar refractivity (Wildman–Crippen MR) is 86.7 cm³/mol. The van der Waals surface area contributed by atoms with Gasteiger partial charge in [0.25, 0.3) is 0 Å². The molecule has 1 heterocycles. The highest BCUT2D eigenvalue weighted by Crippen LogP contribution is 2.30. The highest BCUT2D eigenvalue weighted by Gasteiger charge is 2.31. The zero-order valence-electron chi connectivity index (χ0n) is 13.3. The second kappa shape index (κ2) is 6.08. The van der Waals surface area contributed by atoms with Crippen LogP contribution in [0.3, 0.4) is 0 Å². The topological polar surface area (TPSA) is 23.6 Å². The molecule has 0 unspecified atom stereocenters. The van der Waals surface area contributed by atoms with Crippen molar-refractivity contribution in [1.82, 2.24) is 4.90 Å². The molecule has 1 aromatic carbocycles. The van der Waals surface area contributed by atoms with E-state index >= 15 is 0 Å². The Labute approximate surface area is 127 Å². The van der Waals surface area contributed by atoms with Gasteiger partial charge >= 0.3 is 0 Å². The fourth-order valence-electron chi connectivity index (χ4n) is 3.52. The average Bonchev–Trinajstić information content (AvgIpc) is 2.45. The van der Waals surface area contributed by atoms with E-state index in [2.05, 4.69) is 41.8 Å². The Morgan fingerprint density at radius 3 is 2.48 bits per heavy atom. The second-order valence-corrected chi connectivity index (χ2v) is 6.38. The fourth-order valence-corrected chi connectivity index (χ4v) is 3.52. The average molecular weight is 286 g/mol. The van der Waals surface area contributed by atoms with Gasteiger partial charge in [0.1, 0.15) is 0 Å². The first-order valence-corrected chi connectivity index (χ1v) is 8.33. The van der Waals surface area contributed by atoms with Crippen LogP contribution in [0.1, 0.15) is 37.3 Å². The molecule has 1 aliphatic carbocycles. The van der Waals surface area contributed by atoms with Crippen molar-refractivity contribution in [3.63, 3.8) is 0 Å². The minimum absolute atomic E-state index is 0.334. The van der Waals surface area contributed by atoms with Crippen LogP contribution in [0.15, 0.2) is 18.2 Å². The summed E-state index contributed by atoms with van der Waals surface area (Å²) >= 11 is 0. The first-order chi connectivity index (χ1) is 10.2. The van der Waals surface area contributed by atoms with E-state index in [4.69, 9.17) is 0 Å². The molecule has 3 nitrogen and oxygen atoms in total. The van der Waals surface area contributed by atoms with Crippen molar-refractivity contribution in [3.05, 3.63) is 29.3 Å². The van der Waals surface area contributed by atoms with Crippen LogP contribution in [0.4, 0.5) is 5.69 Å². The number of para-hydroxylation sites is 1. The number of piperazine rings is 1. The summed E-state index contributed by atoms with van der Waals surface area (Å²) in [6.45, 7) is 8.11. The SMILES string of the molecule is CCc1cccc(C)c1N1CCN(C(=O)C2CCC2)CC1. The Bertz CT molecular complexity index is 514. The molecule has 1 saturated heterocycles. The van der Waals surface area contributed by atoms with Gasteiger partial charge in [-0.15, -0.1) is 0 Å². The molecule has 3 rings (SSSR count). The van der Waals surface area contributed by atoms with E-state index in [-0.39, 0.29) is 0 Å². The number of carbonyl (C=O) groups is 1. The number of hydrogen-bond acceptors (Lipinski definition) is 2. The summed E-state index contributed by atoms with van der Waals surface area (Å²) in [6.07, 6.45) is 4.52. The van der Waals surface area contributed by atoms with Gasteiger partial charge < -0.3 is 9.80 Å². The summed E-state index contributed by atoms with van der Waals surface area (Å²) in [5.41, 5.74) is 4.18. The minimum atomic E-state index is 0.334. The van der Waals surface area contributed by atoms with Gasteiger partial charge in [0.05, 0.1) is 0 Å². The number of carbonyl (C=O) groups excluding carboxylic acids is 1. The molecule has 2 aliphatic rings. The molecular formula is C18H26N2O. The first kappa shape index (κ1) is 14.4. The lowest BCUT2D eigenvalue weighted by molar-refractivity contribution is -0.138. The van der Waals surface area contributed by atoms with Gasteiger partial charge in [-0.05, 0) is 37.3 Å². The Hall–Kier alpha value is -1.51. The second-order valence-electron chi connectivity index (χ2n) is 6.38. The number of rotatable bonds is 3. The lowest BCUT2D eigenvalue weighted by Gasteiger charge is -2.40. The molecule has 0 bridgehead atoms. The molecular weight excluding hydrogens is 260 g/mol. The van der Waals surface area contributed by atoms with Crippen molar-refractivity contribution in [2.75, 3.05) is 31.1 Å². The third-order valence-corrected chi connectivity index (χ3v) is 5.06. The van der Waals surface area contributed by atoms with Crippen molar-refractivity contribution < 1.29 is 4.79 Å². The molecule has 2 fully saturated rings. The number of aryl methyl sites for hydroxylation is 2. The summed E-state index contributed by atoms with van der Waals surface area (Å²) in [5, 5.41) is 0. The van der Waals surface area contributed by atoms with Crippen LogP contribution in [0.2, 0.25) is 0 Å². The monoisotopic (exact) mass is 286 g/mol. The number of amides is 1. The van der Waals surface area contributed by atoms with Crippen LogP contribution < -0.4 is 4.90 Å². The molecule has 21 heavy (non-hydrogen) atoms. The molecule has 114 valence electrons. The summed E-state index contributed by atoms with van der Waals surface area (Å²) in [7, 11) is 0. The number of nitrogens with zero attached hydrogens (tertiary/aromatic N) is 2. The molecule has 1 aliphatic heterocycles. The van der Waals surface area contributed by atoms with Gasteiger partial charge in [-0.3, -0.25) is 4.79 Å². The van der Waals surface area contributed by atoms with E-state index in [0.29, 0.717) is 11.8 Å². The van der Waals surface area contributed by atoms with Crippen LogP contribution >= 0.6 is 0 Å². The van der Waals surface area contributed by atoms with Gasteiger partial charge in [-0.1, -0.05) is 31.5 Å². The Morgan fingerprint density at radius 1 is 1.19 bits per heavy atom. The molecule has 0 radical (unpaired) electrons. The Morgan fingerprint density at radius 2 is 1.90 bits per heavy atom. The highest BCUT2D eigenvalue weighted by molar-refractivity contribution is 5.80. The number of benzene rings is 1. The Balaban J connectivity index is 1.67. The summed E-state index contributed by atoms with van der Waals surface area (Å²) in [4.78, 5) is 16.9. The van der Waals surface area contributed by atoms with E-state index in [0.717, 1.165) is 45.4 Å². The molecule has 1 amide bonds. The summed E-state index contributed by atoms with van der Waals surface area (Å²) < 4.78 is 0. The van der Waals surface area contributed by atoms with Crippen molar-refractivity contribution >= 4 is 11.6 Å². The van der Waals surface area contributed by atoms with Gasteiger partial charge in [-0.2, -0.15) is 0 Å². The van der Waals surface area contributed by atoms with Crippen molar-refractivity contribution in [2.45, 2.75) is 39.5 Å². The molecule has 0 spiro atoms. The van der Waals surface area contributed by atoms with Crippen molar-refractivity contribution in [3.8, 4) is 0 Å². The van der Waals surface area contributed by atoms with E-state index in [1.165, 1.54) is 23.2 Å². The van der Waals surface area contributed by atoms with Gasteiger partial charge in [0.2, 0.25) is 5.91 Å². The standard InChI is InChI=1S/C18H26N2O/c1-3-15-7-4-6-14(2)17(15)19-10-12-20(13-11-19)18(21)16-8-5-9-16/h4,6-7,16H,3,5,8-13H2,1-2H3. The first-order valence-electron chi connectivity index (χ1n) is 8.33. The number of anilines is 1. The van der Waals surface area contributed by atoms with Gasteiger partial charge in [-0.25, -0.2) is 0 Å². The maximum Gasteiger partial charge on any atom is 0.225 e. The van der Waals surface area contributed by atoms with Crippen LogP contribution in [0, 0.1) is 12.8 Å². The number of hydrogen-bond donors (Lipinski definition) is 0. The van der Waals surface area contributed by atoms with E-state index < -0.39 is 0 Å². The smallest absolute Gasteiger partial charge is 0.225 e. The quantitative estimate of drug-likeness (QED) is 0.853. The van der Waals surface area contributed by atoms with E-state index in [9.17, 15) is 4.79 Å². The lowest BCUT2D eigenvalue weighted by Crippen LogP contribution is -2.51. The minimum Gasteiger partial charge on any atom is -0.368 e. The maximum absolute atomic E-state index is 12.3.